The molecule has 0 fully saturated rings. The van der Waals surface area contributed by atoms with Crippen LogP contribution in [0.25, 0.3) is 22.6 Å². The average Bonchev–Trinajstić information content (AvgIpc) is 3.08. The number of halogens is 1. The van der Waals surface area contributed by atoms with Crippen LogP contribution in [0.4, 0.5) is 5.69 Å². The molecular formula is C21H18ClN5O. The zero-order valence-electron chi connectivity index (χ0n) is 15.7. The number of rotatable bonds is 3. The number of hydrogen-bond acceptors (Lipinski definition) is 4. The van der Waals surface area contributed by atoms with E-state index in [1.165, 1.54) is 0 Å². The van der Waals surface area contributed by atoms with Crippen molar-refractivity contribution in [2.24, 2.45) is 0 Å². The SMILES string of the molecule is Cc1cnc2nc(-c3cc(NC(=O)c4ccnc(C)c4C)ccc3Cl)[nH]c2c1. The molecule has 3 aromatic heterocycles. The Labute approximate surface area is 167 Å². The zero-order chi connectivity index (χ0) is 19.8. The smallest absolute Gasteiger partial charge is 0.256 e. The summed E-state index contributed by atoms with van der Waals surface area (Å²) in [5.74, 6) is 0.406. The maximum atomic E-state index is 12.7. The predicted molar refractivity (Wildman–Crippen MR) is 111 cm³/mol. The van der Waals surface area contributed by atoms with E-state index in [1.807, 2.05) is 26.8 Å². The summed E-state index contributed by atoms with van der Waals surface area (Å²) in [5.41, 5.74) is 6.09. The van der Waals surface area contributed by atoms with Gasteiger partial charge < -0.3 is 10.3 Å². The van der Waals surface area contributed by atoms with Gasteiger partial charge in [-0.2, -0.15) is 0 Å². The molecule has 0 radical (unpaired) electrons. The molecule has 0 aliphatic rings. The van der Waals surface area contributed by atoms with Gasteiger partial charge in [0.1, 0.15) is 5.82 Å². The molecule has 0 atom stereocenters. The Morgan fingerprint density at radius 3 is 2.75 bits per heavy atom. The third-order valence-electron chi connectivity index (χ3n) is 4.65. The van der Waals surface area contributed by atoms with Crippen LogP contribution in [0, 0.1) is 20.8 Å². The summed E-state index contributed by atoms with van der Waals surface area (Å²) in [7, 11) is 0. The molecule has 0 saturated carbocycles. The van der Waals surface area contributed by atoms with Crippen LogP contribution in [0.1, 0.15) is 27.2 Å². The number of H-pyrrole nitrogens is 1. The monoisotopic (exact) mass is 391 g/mol. The second-order valence-corrected chi connectivity index (χ2v) is 7.09. The van der Waals surface area contributed by atoms with Gasteiger partial charge in [-0.05, 0) is 62.2 Å². The molecule has 1 amide bonds. The topological polar surface area (TPSA) is 83.6 Å². The number of hydrogen-bond donors (Lipinski definition) is 2. The summed E-state index contributed by atoms with van der Waals surface area (Å²) in [6.07, 6.45) is 3.40. The molecule has 1 aromatic carbocycles. The number of nitrogens with zero attached hydrogens (tertiary/aromatic N) is 3. The van der Waals surface area contributed by atoms with Crippen LogP contribution in [-0.4, -0.2) is 25.8 Å². The van der Waals surface area contributed by atoms with Crippen molar-refractivity contribution in [1.29, 1.82) is 0 Å². The van der Waals surface area contributed by atoms with Gasteiger partial charge in [-0.15, -0.1) is 0 Å². The van der Waals surface area contributed by atoms with Gasteiger partial charge in [0.2, 0.25) is 0 Å². The van der Waals surface area contributed by atoms with Gasteiger partial charge in [0.25, 0.3) is 5.91 Å². The van der Waals surface area contributed by atoms with Gasteiger partial charge in [-0.3, -0.25) is 9.78 Å². The lowest BCUT2D eigenvalue weighted by atomic mass is 10.1. The summed E-state index contributed by atoms with van der Waals surface area (Å²) in [4.78, 5) is 29.0. The van der Waals surface area contributed by atoms with E-state index in [1.54, 1.807) is 36.7 Å². The molecule has 7 heteroatoms. The Hall–Kier alpha value is -3.25. The first-order valence-electron chi connectivity index (χ1n) is 8.78. The maximum absolute atomic E-state index is 12.7. The Morgan fingerprint density at radius 1 is 1.11 bits per heavy atom. The number of aromatic nitrogens is 4. The largest absolute Gasteiger partial charge is 0.337 e. The summed E-state index contributed by atoms with van der Waals surface area (Å²) >= 11 is 6.39. The van der Waals surface area contributed by atoms with Crippen LogP contribution in [0.5, 0.6) is 0 Å². The third-order valence-corrected chi connectivity index (χ3v) is 4.98. The van der Waals surface area contributed by atoms with E-state index in [2.05, 4.69) is 25.3 Å². The number of pyridine rings is 2. The third kappa shape index (κ3) is 3.34. The Morgan fingerprint density at radius 2 is 1.93 bits per heavy atom. The van der Waals surface area contributed by atoms with Crippen molar-refractivity contribution in [3.8, 4) is 11.4 Å². The van der Waals surface area contributed by atoms with Crippen molar-refractivity contribution in [2.45, 2.75) is 20.8 Å². The van der Waals surface area contributed by atoms with Crippen LogP contribution in [0.3, 0.4) is 0 Å². The predicted octanol–water partition coefficient (Wildman–Crippen LogP) is 4.85. The van der Waals surface area contributed by atoms with Crippen LogP contribution >= 0.6 is 11.6 Å². The number of amides is 1. The minimum absolute atomic E-state index is 0.196. The van der Waals surface area contributed by atoms with E-state index >= 15 is 0 Å². The first-order valence-corrected chi connectivity index (χ1v) is 9.16. The van der Waals surface area contributed by atoms with Gasteiger partial charge in [0.05, 0.1) is 10.5 Å². The minimum atomic E-state index is -0.196. The Kier molecular flexibility index (Phi) is 4.57. The number of carbonyl (C=O) groups is 1. The van der Waals surface area contributed by atoms with Crippen LogP contribution in [0.15, 0.2) is 42.7 Å². The lowest BCUT2D eigenvalue weighted by Gasteiger charge is -2.10. The van der Waals surface area contributed by atoms with Gasteiger partial charge >= 0.3 is 0 Å². The van der Waals surface area contributed by atoms with Crippen molar-refractivity contribution in [1.82, 2.24) is 19.9 Å². The number of benzene rings is 1. The van der Waals surface area contributed by atoms with Crippen molar-refractivity contribution < 1.29 is 4.79 Å². The molecule has 140 valence electrons. The maximum Gasteiger partial charge on any atom is 0.256 e. The van der Waals surface area contributed by atoms with E-state index in [-0.39, 0.29) is 5.91 Å². The molecule has 0 unspecified atom stereocenters. The summed E-state index contributed by atoms with van der Waals surface area (Å²) < 4.78 is 0. The van der Waals surface area contributed by atoms with Crippen LogP contribution < -0.4 is 5.32 Å². The van der Waals surface area contributed by atoms with Crippen LogP contribution in [0.2, 0.25) is 5.02 Å². The Balaban J connectivity index is 1.68. The molecule has 0 bridgehead atoms. The second kappa shape index (κ2) is 7.05. The molecule has 0 aliphatic carbocycles. The molecule has 0 saturated heterocycles. The van der Waals surface area contributed by atoms with E-state index in [4.69, 9.17) is 11.6 Å². The fourth-order valence-electron chi connectivity index (χ4n) is 3.00. The van der Waals surface area contributed by atoms with E-state index in [9.17, 15) is 4.79 Å². The van der Waals surface area contributed by atoms with Crippen molar-refractivity contribution in [3.63, 3.8) is 0 Å². The second-order valence-electron chi connectivity index (χ2n) is 6.69. The van der Waals surface area contributed by atoms with Crippen LogP contribution in [-0.2, 0) is 0 Å². The fraction of sp³-hybridized carbons (Fsp3) is 0.143. The highest BCUT2D eigenvalue weighted by molar-refractivity contribution is 6.33. The number of aromatic amines is 1. The summed E-state index contributed by atoms with van der Waals surface area (Å²) in [5, 5.41) is 3.46. The number of nitrogens with one attached hydrogen (secondary N) is 2. The van der Waals surface area contributed by atoms with E-state index in [0.29, 0.717) is 33.3 Å². The number of aryl methyl sites for hydroxylation is 2. The van der Waals surface area contributed by atoms with Gasteiger partial charge in [0, 0.05) is 34.9 Å². The van der Waals surface area contributed by atoms with Gasteiger partial charge in [0.15, 0.2) is 5.65 Å². The van der Waals surface area contributed by atoms with Gasteiger partial charge in [-0.25, -0.2) is 9.97 Å². The lowest BCUT2D eigenvalue weighted by molar-refractivity contribution is 0.102. The number of anilines is 1. The quantitative estimate of drug-likeness (QED) is 0.522. The highest BCUT2D eigenvalue weighted by atomic mass is 35.5. The highest BCUT2D eigenvalue weighted by Gasteiger charge is 2.14. The lowest BCUT2D eigenvalue weighted by Crippen LogP contribution is -2.14. The fourth-order valence-corrected chi connectivity index (χ4v) is 3.21. The van der Waals surface area contributed by atoms with Crippen molar-refractivity contribution in [2.75, 3.05) is 5.32 Å². The molecule has 6 nitrogen and oxygen atoms in total. The highest BCUT2D eigenvalue weighted by Crippen LogP contribution is 2.30. The molecular weight excluding hydrogens is 374 g/mol. The van der Waals surface area contributed by atoms with Crippen molar-refractivity contribution >= 4 is 34.4 Å². The number of imidazole rings is 1. The summed E-state index contributed by atoms with van der Waals surface area (Å²) in [6, 6.07) is 8.99. The normalized spacial score (nSPS) is 11.0. The first kappa shape index (κ1) is 18.1. The van der Waals surface area contributed by atoms with Crippen molar-refractivity contribution in [3.05, 3.63) is 70.1 Å². The molecule has 3 heterocycles. The first-order chi connectivity index (χ1) is 13.4. The molecule has 0 aliphatic heterocycles. The molecule has 2 N–H and O–H groups in total. The molecule has 0 spiro atoms. The Bertz CT molecular complexity index is 1210. The molecule has 4 rings (SSSR count). The van der Waals surface area contributed by atoms with E-state index < -0.39 is 0 Å². The van der Waals surface area contributed by atoms with Gasteiger partial charge in [-0.1, -0.05) is 11.6 Å². The number of carbonyl (C=O) groups excluding carboxylic acids is 1. The average molecular weight is 392 g/mol. The minimum Gasteiger partial charge on any atom is -0.337 e. The zero-order valence-corrected chi connectivity index (χ0v) is 16.4. The molecule has 4 aromatic rings. The molecule has 28 heavy (non-hydrogen) atoms. The standard InChI is InChI=1S/C21H18ClN5O/c1-11-8-18-20(24-10-11)27-19(26-18)16-9-14(4-5-17(16)22)25-21(28)15-6-7-23-13(3)12(15)2/h4-10H,1-3H3,(H,25,28)(H,24,26,27). The van der Waals surface area contributed by atoms with E-state index in [0.717, 1.165) is 22.3 Å². The number of fused-ring (bicyclic) bond motifs is 1. The summed E-state index contributed by atoms with van der Waals surface area (Å²) in [6.45, 7) is 5.73.